The van der Waals surface area contributed by atoms with Crippen LogP contribution in [0.2, 0.25) is 0 Å². The van der Waals surface area contributed by atoms with Gasteiger partial charge in [-0.05, 0) is 6.92 Å². The van der Waals surface area contributed by atoms with Crippen molar-refractivity contribution in [1.29, 1.82) is 0 Å². The predicted octanol–water partition coefficient (Wildman–Crippen LogP) is 0.228. The molecule has 2 atom stereocenters. The third-order valence-electron chi connectivity index (χ3n) is 2.01. The maximum Gasteiger partial charge on any atom is 0.222 e. The number of aliphatic hydroxyl groups is 1. The van der Waals surface area contributed by atoms with Gasteiger partial charge in [0.2, 0.25) is 5.95 Å². The summed E-state index contributed by atoms with van der Waals surface area (Å²) in [5.74, 6) is 0.546. The van der Waals surface area contributed by atoms with Gasteiger partial charge >= 0.3 is 0 Å². The first kappa shape index (κ1) is 9.17. The summed E-state index contributed by atoms with van der Waals surface area (Å²) < 4.78 is 5.14. The highest BCUT2D eigenvalue weighted by molar-refractivity contribution is 5.29. The van der Waals surface area contributed by atoms with E-state index in [0.29, 0.717) is 5.95 Å². The van der Waals surface area contributed by atoms with Gasteiger partial charge in [-0.1, -0.05) is 0 Å². The molecular weight excluding hydrogens is 184 g/mol. The van der Waals surface area contributed by atoms with Gasteiger partial charge < -0.3 is 15.2 Å². The van der Waals surface area contributed by atoms with Gasteiger partial charge in [0.25, 0.3) is 0 Å². The molecule has 2 rings (SSSR count). The molecule has 0 aromatic carbocycles. The topological polar surface area (TPSA) is 83.1 Å². The Morgan fingerprint density at radius 3 is 3.21 bits per heavy atom. The maximum absolute atomic E-state index is 9.41. The highest BCUT2D eigenvalue weighted by Crippen LogP contribution is 2.23. The van der Waals surface area contributed by atoms with Crippen LogP contribution >= 0.6 is 0 Å². The minimum absolute atomic E-state index is 0.0628. The number of rotatable bonds is 2. The average molecular weight is 196 g/mol. The standard InChI is InChI=1S/C8H12N4O2/c1-5-2-6(7(13)14-5)3-9-8-10-4-11-12-8/h3-5,7,13H,2H2,1H3,(H2,9,10,11,12)/b6-3-. The number of hydrogen-bond acceptors (Lipinski definition) is 5. The number of aliphatic hydroxyl groups excluding tert-OH is 1. The molecule has 0 bridgehead atoms. The van der Waals surface area contributed by atoms with Crippen LogP contribution in [0.25, 0.3) is 0 Å². The number of hydrogen-bond donors (Lipinski definition) is 3. The molecule has 0 amide bonds. The lowest BCUT2D eigenvalue weighted by atomic mass is 10.2. The summed E-state index contributed by atoms with van der Waals surface area (Å²) in [6.07, 6.45) is 3.08. The molecule has 1 aliphatic heterocycles. The van der Waals surface area contributed by atoms with Crippen LogP contribution in [0.15, 0.2) is 18.1 Å². The highest BCUT2D eigenvalue weighted by atomic mass is 16.6. The largest absolute Gasteiger partial charge is 0.364 e. The lowest BCUT2D eigenvalue weighted by Crippen LogP contribution is -2.08. The van der Waals surface area contributed by atoms with Gasteiger partial charge in [0.15, 0.2) is 6.29 Å². The van der Waals surface area contributed by atoms with Crippen LogP contribution in [0.5, 0.6) is 0 Å². The summed E-state index contributed by atoms with van der Waals surface area (Å²) in [6, 6.07) is 0. The molecule has 76 valence electrons. The van der Waals surface area contributed by atoms with E-state index in [2.05, 4.69) is 20.5 Å². The second kappa shape index (κ2) is 3.77. The van der Waals surface area contributed by atoms with E-state index in [-0.39, 0.29) is 6.10 Å². The monoisotopic (exact) mass is 196 g/mol. The lowest BCUT2D eigenvalue weighted by Gasteiger charge is -2.03. The van der Waals surface area contributed by atoms with Crippen molar-refractivity contribution in [3.63, 3.8) is 0 Å². The average Bonchev–Trinajstić information content (AvgIpc) is 2.72. The van der Waals surface area contributed by atoms with Gasteiger partial charge in [-0.25, -0.2) is 5.10 Å². The Morgan fingerprint density at radius 1 is 1.79 bits per heavy atom. The van der Waals surface area contributed by atoms with Crippen molar-refractivity contribution >= 4 is 5.95 Å². The van der Waals surface area contributed by atoms with Crippen LogP contribution in [0.4, 0.5) is 5.95 Å². The molecular formula is C8H12N4O2. The van der Waals surface area contributed by atoms with Gasteiger partial charge in [-0.2, -0.15) is 10.1 Å². The summed E-state index contributed by atoms with van der Waals surface area (Å²) in [4.78, 5) is 3.88. The Balaban J connectivity index is 1.98. The fraction of sp³-hybridized carbons (Fsp3) is 0.500. The van der Waals surface area contributed by atoms with Crippen LogP contribution < -0.4 is 5.32 Å². The van der Waals surface area contributed by atoms with E-state index in [4.69, 9.17) is 4.74 Å². The van der Waals surface area contributed by atoms with Crippen molar-refractivity contribution in [2.45, 2.75) is 25.7 Å². The number of ether oxygens (including phenoxy) is 1. The Labute approximate surface area is 81.0 Å². The second-order valence-electron chi connectivity index (χ2n) is 3.20. The first-order valence-electron chi connectivity index (χ1n) is 4.40. The Bertz CT molecular complexity index is 322. The highest BCUT2D eigenvalue weighted by Gasteiger charge is 2.24. The number of aromatic nitrogens is 3. The molecule has 0 saturated carbocycles. The van der Waals surface area contributed by atoms with E-state index in [1.807, 2.05) is 6.92 Å². The summed E-state index contributed by atoms with van der Waals surface area (Å²) in [7, 11) is 0. The number of nitrogens with one attached hydrogen (secondary N) is 2. The zero-order valence-electron chi connectivity index (χ0n) is 7.77. The predicted molar refractivity (Wildman–Crippen MR) is 49.3 cm³/mol. The summed E-state index contributed by atoms with van der Waals surface area (Å²) in [6.45, 7) is 1.92. The molecule has 1 aromatic rings. The van der Waals surface area contributed by atoms with Crippen molar-refractivity contribution in [2.24, 2.45) is 0 Å². The molecule has 3 N–H and O–H groups in total. The molecule has 1 saturated heterocycles. The molecule has 2 unspecified atom stereocenters. The Kier molecular flexibility index (Phi) is 2.47. The summed E-state index contributed by atoms with van der Waals surface area (Å²) >= 11 is 0. The Morgan fingerprint density at radius 2 is 2.64 bits per heavy atom. The molecule has 2 heterocycles. The number of anilines is 1. The minimum atomic E-state index is -0.805. The molecule has 1 aliphatic rings. The number of nitrogens with zero attached hydrogens (tertiary/aromatic N) is 2. The molecule has 0 radical (unpaired) electrons. The number of aromatic amines is 1. The zero-order valence-corrected chi connectivity index (χ0v) is 7.77. The summed E-state index contributed by atoms with van der Waals surface area (Å²) in [5.41, 5.74) is 0.814. The molecule has 0 spiro atoms. The third-order valence-corrected chi connectivity index (χ3v) is 2.01. The summed E-state index contributed by atoms with van der Waals surface area (Å²) in [5, 5.41) is 18.6. The first-order valence-corrected chi connectivity index (χ1v) is 4.40. The zero-order chi connectivity index (χ0) is 9.97. The molecule has 1 fully saturated rings. The van der Waals surface area contributed by atoms with E-state index in [1.165, 1.54) is 6.33 Å². The van der Waals surface area contributed by atoms with E-state index < -0.39 is 6.29 Å². The van der Waals surface area contributed by atoms with Gasteiger partial charge in [0.1, 0.15) is 6.33 Å². The molecule has 6 heteroatoms. The van der Waals surface area contributed by atoms with Gasteiger partial charge in [0, 0.05) is 18.2 Å². The second-order valence-corrected chi connectivity index (χ2v) is 3.20. The van der Waals surface area contributed by atoms with Crippen molar-refractivity contribution < 1.29 is 9.84 Å². The van der Waals surface area contributed by atoms with Crippen LogP contribution in [-0.2, 0) is 4.74 Å². The van der Waals surface area contributed by atoms with Crippen LogP contribution in [0.1, 0.15) is 13.3 Å². The maximum atomic E-state index is 9.41. The van der Waals surface area contributed by atoms with Crippen molar-refractivity contribution in [3.05, 3.63) is 18.1 Å². The fourth-order valence-electron chi connectivity index (χ4n) is 1.35. The van der Waals surface area contributed by atoms with Gasteiger partial charge in [-0.15, -0.1) is 0 Å². The third kappa shape index (κ3) is 1.91. The van der Waals surface area contributed by atoms with Gasteiger partial charge in [0.05, 0.1) is 6.10 Å². The van der Waals surface area contributed by atoms with Crippen LogP contribution in [0, 0.1) is 0 Å². The van der Waals surface area contributed by atoms with E-state index in [9.17, 15) is 5.11 Å². The van der Waals surface area contributed by atoms with Crippen molar-refractivity contribution in [2.75, 3.05) is 5.32 Å². The molecule has 1 aromatic heterocycles. The number of H-pyrrole nitrogens is 1. The van der Waals surface area contributed by atoms with Gasteiger partial charge in [-0.3, -0.25) is 0 Å². The lowest BCUT2D eigenvalue weighted by molar-refractivity contribution is -0.0697. The smallest absolute Gasteiger partial charge is 0.222 e. The van der Waals surface area contributed by atoms with E-state index in [0.717, 1.165) is 12.0 Å². The van der Waals surface area contributed by atoms with Crippen LogP contribution in [0.3, 0.4) is 0 Å². The van der Waals surface area contributed by atoms with E-state index >= 15 is 0 Å². The molecule has 14 heavy (non-hydrogen) atoms. The Hall–Kier alpha value is -1.40. The van der Waals surface area contributed by atoms with E-state index in [1.54, 1.807) is 6.20 Å². The molecule has 0 aliphatic carbocycles. The molecule has 6 nitrogen and oxygen atoms in total. The van der Waals surface area contributed by atoms with Crippen molar-refractivity contribution in [1.82, 2.24) is 15.2 Å². The minimum Gasteiger partial charge on any atom is -0.364 e. The van der Waals surface area contributed by atoms with Crippen molar-refractivity contribution in [3.8, 4) is 0 Å². The normalized spacial score (nSPS) is 29.7. The SMILES string of the molecule is CC1C/C(=C/Nc2ncn[nH]2)C(O)O1. The quantitative estimate of drug-likeness (QED) is 0.630. The fourth-order valence-corrected chi connectivity index (χ4v) is 1.35. The van der Waals surface area contributed by atoms with Crippen LogP contribution in [-0.4, -0.2) is 32.7 Å². The first-order chi connectivity index (χ1) is 6.75.